The van der Waals surface area contributed by atoms with Gasteiger partial charge >= 0.3 is 0 Å². The summed E-state index contributed by atoms with van der Waals surface area (Å²) in [5.41, 5.74) is 4.75. The van der Waals surface area contributed by atoms with E-state index in [9.17, 15) is 4.39 Å². The SMILES string of the molecule is Cc1c(-c2ccc3nc(C4CC4)cn3c2)nnn1-c1cccnc1F. The molecule has 4 heterocycles. The van der Waals surface area contributed by atoms with Crippen molar-refractivity contribution in [1.29, 1.82) is 0 Å². The van der Waals surface area contributed by atoms with E-state index in [2.05, 4.69) is 26.5 Å². The first-order valence-electron chi connectivity index (χ1n) is 8.23. The van der Waals surface area contributed by atoms with Crippen LogP contribution in [0.1, 0.15) is 30.1 Å². The van der Waals surface area contributed by atoms with Gasteiger partial charge in [0.2, 0.25) is 5.95 Å². The fourth-order valence-corrected chi connectivity index (χ4v) is 3.09. The summed E-state index contributed by atoms with van der Waals surface area (Å²) in [6.45, 7) is 1.87. The number of halogens is 1. The van der Waals surface area contributed by atoms with Crippen LogP contribution < -0.4 is 0 Å². The first kappa shape index (κ1) is 14.3. The van der Waals surface area contributed by atoms with Crippen molar-refractivity contribution in [2.45, 2.75) is 25.7 Å². The third-order valence-electron chi connectivity index (χ3n) is 4.60. The molecule has 0 bridgehead atoms. The van der Waals surface area contributed by atoms with Crippen LogP contribution in [0.3, 0.4) is 0 Å². The van der Waals surface area contributed by atoms with Crippen LogP contribution in [0, 0.1) is 12.9 Å². The summed E-state index contributed by atoms with van der Waals surface area (Å²) in [7, 11) is 0. The van der Waals surface area contributed by atoms with Crippen LogP contribution >= 0.6 is 0 Å². The molecule has 0 saturated heterocycles. The summed E-state index contributed by atoms with van der Waals surface area (Å²) in [5, 5.41) is 8.36. The summed E-state index contributed by atoms with van der Waals surface area (Å²) >= 11 is 0. The van der Waals surface area contributed by atoms with Gasteiger partial charge < -0.3 is 4.40 Å². The van der Waals surface area contributed by atoms with E-state index in [-0.39, 0.29) is 0 Å². The van der Waals surface area contributed by atoms with Crippen molar-refractivity contribution in [3.05, 3.63) is 60.2 Å². The number of hydrogen-bond acceptors (Lipinski definition) is 4. The van der Waals surface area contributed by atoms with Gasteiger partial charge in [0.25, 0.3) is 0 Å². The number of hydrogen-bond donors (Lipinski definition) is 0. The Morgan fingerprint density at radius 3 is 2.84 bits per heavy atom. The molecule has 0 aromatic carbocycles. The smallest absolute Gasteiger partial charge is 0.238 e. The summed E-state index contributed by atoms with van der Waals surface area (Å²) in [6, 6.07) is 7.26. The second kappa shape index (κ2) is 5.20. The van der Waals surface area contributed by atoms with E-state index in [1.54, 1.807) is 12.1 Å². The van der Waals surface area contributed by atoms with Crippen LogP contribution in [-0.2, 0) is 0 Å². The number of rotatable bonds is 3. The molecule has 124 valence electrons. The second-order valence-corrected chi connectivity index (χ2v) is 6.37. The van der Waals surface area contributed by atoms with E-state index in [1.807, 2.05) is 29.7 Å². The third kappa shape index (κ3) is 2.31. The van der Waals surface area contributed by atoms with Crippen LogP contribution in [0.25, 0.3) is 22.6 Å². The monoisotopic (exact) mass is 334 g/mol. The van der Waals surface area contributed by atoms with E-state index in [0.29, 0.717) is 17.3 Å². The summed E-state index contributed by atoms with van der Waals surface area (Å²) in [4.78, 5) is 8.34. The highest BCUT2D eigenvalue weighted by atomic mass is 19.1. The maximum Gasteiger partial charge on any atom is 0.238 e. The zero-order chi connectivity index (χ0) is 17.0. The Morgan fingerprint density at radius 2 is 2.04 bits per heavy atom. The molecule has 6 nitrogen and oxygen atoms in total. The number of nitrogens with zero attached hydrogens (tertiary/aromatic N) is 6. The molecular formula is C18H15FN6. The van der Waals surface area contributed by atoms with Gasteiger partial charge in [0, 0.05) is 30.1 Å². The van der Waals surface area contributed by atoms with Gasteiger partial charge in [-0.3, -0.25) is 0 Å². The quantitative estimate of drug-likeness (QED) is 0.539. The van der Waals surface area contributed by atoms with E-state index in [4.69, 9.17) is 0 Å². The van der Waals surface area contributed by atoms with E-state index < -0.39 is 5.95 Å². The summed E-state index contributed by atoms with van der Waals surface area (Å²) in [6.07, 6.45) is 7.93. The molecule has 0 atom stereocenters. The lowest BCUT2D eigenvalue weighted by Gasteiger charge is -2.04. The molecular weight excluding hydrogens is 319 g/mol. The lowest BCUT2D eigenvalue weighted by Crippen LogP contribution is -2.03. The number of pyridine rings is 2. The molecule has 7 heteroatoms. The highest BCUT2D eigenvalue weighted by Crippen LogP contribution is 2.39. The Labute approximate surface area is 143 Å². The van der Waals surface area contributed by atoms with Crippen LogP contribution in [0.15, 0.2) is 42.9 Å². The highest BCUT2D eigenvalue weighted by molar-refractivity contribution is 5.63. The molecule has 1 aliphatic carbocycles. The minimum absolute atomic E-state index is 0.290. The van der Waals surface area contributed by atoms with Gasteiger partial charge in [0.15, 0.2) is 0 Å². The molecule has 4 aromatic rings. The predicted octanol–water partition coefficient (Wildman–Crippen LogP) is 3.30. The molecule has 1 saturated carbocycles. The van der Waals surface area contributed by atoms with Crippen LogP contribution in [0.2, 0.25) is 0 Å². The first-order valence-corrected chi connectivity index (χ1v) is 8.23. The van der Waals surface area contributed by atoms with Crippen molar-refractivity contribution in [2.24, 2.45) is 0 Å². The Balaban J connectivity index is 1.59. The molecule has 1 aliphatic rings. The Hall–Kier alpha value is -3.09. The lowest BCUT2D eigenvalue weighted by atomic mass is 10.2. The second-order valence-electron chi connectivity index (χ2n) is 6.37. The Kier molecular flexibility index (Phi) is 2.97. The van der Waals surface area contributed by atoms with Crippen LogP contribution in [0.4, 0.5) is 4.39 Å². The van der Waals surface area contributed by atoms with Gasteiger partial charge in [-0.1, -0.05) is 5.21 Å². The van der Waals surface area contributed by atoms with E-state index in [0.717, 1.165) is 22.6 Å². The van der Waals surface area contributed by atoms with Crippen molar-refractivity contribution in [2.75, 3.05) is 0 Å². The number of aromatic nitrogens is 6. The van der Waals surface area contributed by atoms with Gasteiger partial charge in [0.05, 0.1) is 11.4 Å². The number of fused-ring (bicyclic) bond motifs is 1. The molecule has 4 aromatic heterocycles. The van der Waals surface area contributed by atoms with Crippen molar-refractivity contribution in [1.82, 2.24) is 29.4 Å². The largest absolute Gasteiger partial charge is 0.306 e. The molecule has 0 unspecified atom stereocenters. The third-order valence-corrected chi connectivity index (χ3v) is 4.60. The molecule has 0 aliphatic heterocycles. The highest BCUT2D eigenvalue weighted by Gasteiger charge is 2.26. The standard InChI is InChI=1S/C18H15FN6/c1-11-17(22-23-25(11)15-3-2-8-20-18(15)19)13-6-7-16-21-14(12-4-5-12)10-24(16)9-13/h2-3,6-10,12H,4-5H2,1H3. The molecule has 0 spiro atoms. The van der Waals surface area contributed by atoms with Crippen molar-refractivity contribution in [3.8, 4) is 16.9 Å². The van der Waals surface area contributed by atoms with Crippen molar-refractivity contribution in [3.63, 3.8) is 0 Å². The molecule has 0 radical (unpaired) electrons. The minimum Gasteiger partial charge on any atom is -0.306 e. The molecule has 0 amide bonds. The number of imidazole rings is 1. The average Bonchev–Trinajstić information content (AvgIpc) is 3.28. The van der Waals surface area contributed by atoms with Gasteiger partial charge in [-0.05, 0) is 44.0 Å². The average molecular weight is 334 g/mol. The molecule has 1 fully saturated rings. The van der Waals surface area contributed by atoms with Crippen molar-refractivity contribution >= 4 is 5.65 Å². The van der Waals surface area contributed by atoms with Crippen molar-refractivity contribution < 1.29 is 4.39 Å². The summed E-state index contributed by atoms with van der Waals surface area (Å²) < 4.78 is 17.4. The first-order chi connectivity index (χ1) is 12.2. The van der Waals surface area contributed by atoms with E-state index >= 15 is 0 Å². The van der Waals surface area contributed by atoms with Gasteiger partial charge in [0.1, 0.15) is 17.0 Å². The minimum atomic E-state index is -0.568. The maximum absolute atomic E-state index is 13.9. The topological polar surface area (TPSA) is 60.9 Å². The predicted molar refractivity (Wildman–Crippen MR) is 90.0 cm³/mol. The molecule has 0 N–H and O–H groups in total. The van der Waals surface area contributed by atoms with Gasteiger partial charge in [-0.15, -0.1) is 5.10 Å². The normalized spacial score (nSPS) is 14.3. The zero-order valence-corrected chi connectivity index (χ0v) is 13.6. The van der Waals surface area contributed by atoms with Gasteiger partial charge in [-0.2, -0.15) is 4.39 Å². The van der Waals surface area contributed by atoms with Gasteiger partial charge in [-0.25, -0.2) is 14.6 Å². The van der Waals surface area contributed by atoms with E-state index in [1.165, 1.54) is 23.7 Å². The lowest BCUT2D eigenvalue weighted by molar-refractivity contribution is 0.564. The fraction of sp³-hybridized carbons (Fsp3) is 0.222. The fourth-order valence-electron chi connectivity index (χ4n) is 3.09. The summed E-state index contributed by atoms with van der Waals surface area (Å²) in [5.74, 6) is 0.0423. The Bertz CT molecular complexity index is 1090. The van der Waals surface area contributed by atoms with Crippen LogP contribution in [-0.4, -0.2) is 29.4 Å². The molecule has 25 heavy (non-hydrogen) atoms. The zero-order valence-electron chi connectivity index (χ0n) is 13.6. The molecule has 5 rings (SSSR count). The van der Waals surface area contributed by atoms with Crippen LogP contribution in [0.5, 0.6) is 0 Å². The Morgan fingerprint density at radius 1 is 1.16 bits per heavy atom. The maximum atomic E-state index is 13.9.